The number of esters is 1. The second-order valence-corrected chi connectivity index (χ2v) is 4.73. The highest BCUT2D eigenvalue weighted by Gasteiger charge is 2.11. The summed E-state index contributed by atoms with van der Waals surface area (Å²) < 4.78 is 9.85. The van der Waals surface area contributed by atoms with Crippen molar-refractivity contribution in [2.24, 2.45) is 0 Å². The van der Waals surface area contributed by atoms with Crippen LogP contribution in [0.15, 0.2) is 42.5 Å². The number of carbonyl (C=O) groups is 2. The van der Waals surface area contributed by atoms with Crippen LogP contribution in [-0.2, 0) is 4.74 Å². The molecule has 0 atom stereocenters. The summed E-state index contributed by atoms with van der Waals surface area (Å²) in [6.07, 6.45) is 0. The topological polar surface area (TPSA) is 64.6 Å². The van der Waals surface area contributed by atoms with Gasteiger partial charge in [0, 0.05) is 5.56 Å². The number of carbonyl (C=O) groups excluding carboxylic acids is 2. The Morgan fingerprint density at radius 2 is 1.59 bits per heavy atom. The molecule has 0 aliphatic rings. The molecule has 0 fully saturated rings. The minimum Gasteiger partial charge on any atom is -0.495 e. The fourth-order valence-corrected chi connectivity index (χ4v) is 1.99. The van der Waals surface area contributed by atoms with E-state index in [2.05, 4.69) is 10.1 Å². The maximum atomic E-state index is 12.3. The zero-order valence-corrected chi connectivity index (χ0v) is 12.7. The fraction of sp³-hybridized carbons (Fsp3) is 0.176. The second-order valence-electron chi connectivity index (χ2n) is 4.73. The second kappa shape index (κ2) is 6.76. The van der Waals surface area contributed by atoms with Crippen LogP contribution in [0.4, 0.5) is 5.69 Å². The van der Waals surface area contributed by atoms with Crippen LogP contribution in [0.5, 0.6) is 5.75 Å². The quantitative estimate of drug-likeness (QED) is 0.881. The van der Waals surface area contributed by atoms with Crippen LogP contribution in [0.3, 0.4) is 0 Å². The van der Waals surface area contributed by atoms with Crippen LogP contribution in [-0.4, -0.2) is 26.1 Å². The molecule has 0 bridgehead atoms. The van der Waals surface area contributed by atoms with Crippen LogP contribution in [0, 0.1) is 6.92 Å². The molecule has 114 valence electrons. The van der Waals surface area contributed by atoms with Crippen LogP contribution < -0.4 is 10.1 Å². The van der Waals surface area contributed by atoms with Crippen molar-refractivity contribution in [2.75, 3.05) is 19.5 Å². The lowest BCUT2D eigenvalue weighted by Crippen LogP contribution is -2.13. The number of aryl methyl sites for hydroxylation is 1. The summed E-state index contributed by atoms with van der Waals surface area (Å²) in [6, 6.07) is 11.8. The Kier molecular flexibility index (Phi) is 4.78. The van der Waals surface area contributed by atoms with Gasteiger partial charge in [0.1, 0.15) is 5.75 Å². The summed E-state index contributed by atoms with van der Waals surface area (Å²) in [5.74, 6) is -0.127. The Balaban J connectivity index is 2.19. The first-order valence-corrected chi connectivity index (χ1v) is 6.69. The molecule has 0 aliphatic heterocycles. The van der Waals surface area contributed by atoms with E-state index in [0.717, 1.165) is 5.56 Å². The molecular weight excluding hydrogens is 282 g/mol. The maximum absolute atomic E-state index is 12.3. The average molecular weight is 299 g/mol. The van der Waals surface area contributed by atoms with Crippen molar-refractivity contribution in [3.05, 3.63) is 59.2 Å². The SMILES string of the molecule is COC(=O)c1ccc(C(=O)Nc2cc(C)ccc2OC)cc1. The Bertz CT molecular complexity index is 692. The van der Waals surface area contributed by atoms with Gasteiger partial charge in [-0.15, -0.1) is 0 Å². The van der Waals surface area contributed by atoms with Crippen molar-refractivity contribution in [1.29, 1.82) is 0 Å². The summed E-state index contributed by atoms with van der Waals surface area (Å²) in [5.41, 5.74) is 2.45. The predicted molar refractivity (Wildman–Crippen MR) is 83.5 cm³/mol. The monoisotopic (exact) mass is 299 g/mol. The van der Waals surface area contributed by atoms with E-state index in [1.165, 1.54) is 7.11 Å². The highest BCUT2D eigenvalue weighted by atomic mass is 16.5. The summed E-state index contributed by atoms with van der Waals surface area (Å²) >= 11 is 0. The first kappa shape index (κ1) is 15.6. The lowest BCUT2D eigenvalue weighted by Gasteiger charge is -2.11. The van der Waals surface area contributed by atoms with Crippen molar-refractivity contribution in [3.63, 3.8) is 0 Å². The number of benzene rings is 2. The Morgan fingerprint density at radius 3 is 2.18 bits per heavy atom. The molecule has 5 nitrogen and oxygen atoms in total. The van der Waals surface area contributed by atoms with Gasteiger partial charge in [0.2, 0.25) is 0 Å². The number of hydrogen-bond donors (Lipinski definition) is 1. The van der Waals surface area contributed by atoms with Crippen LogP contribution in [0.25, 0.3) is 0 Å². The normalized spacial score (nSPS) is 9.95. The number of anilines is 1. The molecule has 1 N–H and O–H groups in total. The number of nitrogens with one attached hydrogen (secondary N) is 1. The standard InChI is InChI=1S/C17H17NO4/c1-11-4-9-15(21-2)14(10-11)18-16(19)12-5-7-13(8-6-12)17(20)22-3/h4-10H,1-3H3,(H,18,19). The van der Waals surface area contributed by atoms with E-state index >= 15 is 0 Å². The van der Waals surface area contributed by atoms with E-state index in [-0.39, 0.29) is 5.91 Å². The highest BCUT2D eigenvalue weighted by molar-refractivity contribution is 6.05. The summed E-state index contributed by atoms with van der Waals surface area (Å²) in [7, 11) is 2.86. The maximum Gasteiger partial charge on any atom is 0.337 e. The molecule has 0 radical (unpaired) electrons. The predicted octanol–water partition coefficient (Wildman–Crippen LogP) is 3.04. The van der Waals surface area contributed by atoms with Crippen LogP contribution in [0.2, 0.25) is 0 Å². The van der Waals surface area contributed by atoms with Gasteiger partial charge in [-0.3, -0.25) is 4.79 Å². The molecule has 22 heavy (non-hydrogen) atoms. The fourth-order valence-electron chi connectivity index (χ4n) is 1.99. The van der Waals surface area contributed by atoms with E-state index < -0.39 is 5.97 Å². The van der Waals surface area contributed by atoms with Gasteiger partial charge in [0.25, 0.3) is 5.91 Å². The molecule has 0 heterocycles. The Hall–Kier alpha value is -2.82. The minimum absolute atomic E-state index is 0.277. The average Bonchev–Trinajstić information content (AvgIpc) is 2.54. The van der Waals surface area contributed by atoms with E-state index in [4.69, 9.17) is 4.74 Å². The smallest absolute Gasteiger partial charge is 0.337 e. The molecule has 0 saturated carbocycles. The molecule has 2 aromatic rings. The minimum atomic E-state index is -0.438. The molecular formula is C17H17NO4. The van der Waals surface area contributed by atoms with Gasteiger partial charge in [0.05, 0.1) is 25.5 Å². The van der Waals surface area contributed by atoms with Gasteiger partial charge in [-0.1, -0.05) is 6.07 Å². The molecule has 2 rings (SSSR count). The molecule has 0 aromatic heterocycles. The number of ether oxygens (including phenoxy) is 2. The largest absolute Gasteiger partial charge is 0.495 e. The van der Waals surface area contributed by atoms with E-state index in [9.17, 15) is 9.59 Å². The van der Waals surface area contributed by atoms with Gasteiger partial charge >= 0.3 is 5.97 Å². The van der Waals surface area contributed by atoms with Gasteiger partial charge in [-0.2, -0.15) is 0 Å². The molecule has 0 aliphatic carbocycles. The third kappa shape index (κ3) is 3.44. The molecule has 0 unspecified atom stereocenters. The van der Waals surface area contributed by atoms with Gasteiger partial charge in [-0.05, 0) is 48.9 Å². The van der Waals surface area contributed by atoms with Crippen molar-refractivity contribution in [1.82, 2.24) is 0 Å². The Labute approximate surface area is 128 Å². The van der Waals surface area contributed by atoms with Crippen molar-refractivity contribution in [3.8, 4) is 5.75 Å². The highest BCUT2D eigenvalue weighted by Crippen LogP contribution is 2.25. The first-order chi connectivity index (χ1) is 10.5. The van der Waals surface area contributed by atoms with Gasteiger partial charge in [-0.25, -0.2) is 4.79 Å². The van der Waals surface area contributed by atoms with Crippen LogP contribution >= 0.6 is 0 Å². The molecule has 1 amide bonds. The van der Waals surface area contributed by atoms with E-state index in [0.29, 0.717) is 22.6 Å². The lowest BCUT2D eigenvalue weighted by atomic mass is 10.1. The summed E-state index contributed by atoms with van der Waals surface area (Å²) in [5, 5.41) is 2.80. The van der Waals surface area contributed by atoms with E-state index in [1.54, 1.807) is 37.4 Å². The third-order valence-corrected chi connectivity index (χ3v) is 3.17. The summed E-state index contributed by atoms with van der Waals surface area (Å²) in [4.78, 5) is 23.6. The van der Waals surface area contributed by atoms with Crippen molar-refractivity contribution < 1.29 is 19.1 Å². The third-order valence-electron chi connectivity index (χ3n) is 3.17. The summed E-state index contributed by atoms with van der Waals surface area (Å²) in [6.45, 7) is 1.93. The lowest BCUT2D eigenvalue weighted by molar-refractivity contribution is 0.0600. The van der Waals surface area contributed by atoms with Crippen molar-refractivity contribution in [2.45, 2.75) is 6.92 Å². The van der Waals surface area contributed by atoms with Crippen molar-refractivity contribution >= 4 is 17.6 Å². The molecule has 2 aromatic carbocycles. The zero-order valence-electron chi connectivity index (χ0n) is 12.7. The van der Waals surface area contributed by atoms with E-state index in [1.807, 2.05) is 19.1 Å². The first-order valence-electron chi connectivity index (χ1n) is 6.69. The van der Waals surface area contributed by atoms with Crippen LogP contribution in [0.1, 0.15) is 26.3 Å². The number of methoxy groups -OCH3 is 2. The Morgan fingerprint density at radius 1 is 0.955 bits per heavy atom. The zero-order chi connectivity index (χ0) is 16.1. The molecule has 5 heteroatoms. The van der Waals surface area contributed by atoms with Gasteiger partial charge < -0.3 is 14.8 Å². The number of rotatable bonds is 4. The number of hydrogen-bond acceptors (Lipinski definition) is 4. The molecule has 0 saturated heterocycles. The number of amides is 1. The van der Waals surface area contributed by atoms with Gasteiger partial charge in [0.15, 0.2) is 0 Å². The molecule has 0 spiro atoms.